The van der Waals surface area contributed by atoms with Crippen molar-refractivity contribution < 1.29 is 18.0 Å². The maximum Gasteiger partial charge on any atom is 0.433 e. The van der Waals surface area contributed by atoms with Crippen LogP contribution in [0, 0.1) is 5.92 Å². The number of hydrogen-bond acceptors (Lipinski definition) is 5. The van der Waals surface area contributed by atoms with Gasteiger partial charge < -0.3 is 5.32 Å². The molecule has 1 amide bonds. The van der Waals surface area contributed by atoms with Gasteiger partial charge in [-0.05, 0) is 26.2 Å². The lowest BCUT2D eigenvalue weighted by molar-refractivity contribution is 0.147. The zero-order valence-electron chi connectivity index (χ0n) is 9.68. The highest BCUT2D eigenvalue weighted by molar-refractivity contribution is 7.91. The Kier molecular flexibility index (Phi) is 3.37. The van der Waals surface area contributed by atoms with E-state index < -0.39 is 15.9 Å². The number of amides is 1. The van der Waals surface area contributed by atoms with Gasteiger partial charge in [0.15, 0.2) is 9.84 Å². The van der Waals surface area contributed by atoms with Crippen LogP contribution in [-0.2, 0) is 14.7 Å². The summed E-state index contributed by atoms with van der Waals surface area (Å²) in [5.74, 6) is 0.574. The summed E-state index contributed by atoms with van der Waals surface area (Å²) >= 11 is 0. The van der Waals surface area contributed by atoms with E-state index in [0.717, 1.165) is 18.6 Å². The van der Waals surface area contributed by atoms with E-state index in [-0.39, 0.29) is 17.5 Å². The number of nitrogens with zero attached hydrogens (tertiary/aromatic N) is 1. The second-order valence-corrected chi connectivity index (χ2v) is 6.86. The van der Waals surface area contributed by atoms with Gasteiger partial charge in [-0.15, -0.1) is 0 Å². The smallest absolute Gasteiger partial charge is 0.316 e. The molecule has 0 radical (unpaired) electrons. The average Bonchev–Trinajstić information content (AvgIpc) is 3.02. The molecule has 1 N–H and O–H groups in total. The molecule has 0 spiro atoms. The molecule has 1 saturated carbocycles. The Morgan fingerprint density at radius 1 is 1.35 bits per heavy atom. The molecule has 2 fully saturated rings. The van der Waals surface area contributed by atoms with E-state index in [1.165, 1.54) is 0 Å². The van der Waals surface area contributed by atoms with E-state index in [4.69, 9.17) is 0 Å². The summed E-state index contributed by atoms with van der Waals surface area (Å²) in [5, 5.41) is 6.22. The zero-order valence-corrected chi connectivity index (χ0v) is 10.5. The van der Waals surface area contributed by atoms with E-state index in [0.29, 0.717) is 12.3 Å². The van der Waals surface area contributed by atoms with Gasteiger partial charge in [0.2, 0.25) is 0 Å². The fraction of sp³-hybridized carbons (Fsp3) is 0.800. The number of nitrogens with one attached hydrogen (secondary N) is 1. The van der Waals surface area contributed by atoms with Gasteiger partial charge in [-0.25, -0.2) is 13.2 Å². The third kappa shape index (κ3) is 3.69. The molecule has 0 aromatic heterocycles. The molecule has 1 aliphatic carbocycles. The second kappa shape index (κ2) is 4.64. The van der Waals surface area contributed by atoms with Gasteiger partial charge in [-0.2, -0.15) is 0 Å². The monoisotopic (exact) mass is 260 g/mol. The SMILES string of the molecule is C/C(=N\OC(=O)NC1CCS(=O)(=O)C1)C1CC1. The van der Waals surface area contributed by atoms with Crippen molar-refractivity contribution in [2.45, 2.75) is 32.2 Å². The normalized spacial score (nSPS) is 27.8. The van der Waals surface area contributed by atoms with Crippen LogP contribution in [0.5, 0.6) is 0 Å². The predicted molar refractivity (Wildman–Crippen MR) is 62.5 cm³/mol. The topological polar surface area (TPSA) is 84.8 Å². The van der Waals surface area contributed by atoms with Crippen LogP contribution in [-0.4, -0.2) is 37.8 Å². The van der Waals surface area contributed by atoms with Crippen molar-refractivity contribution in [1.82, 2.24) is 5.32 Å². The summed E-state index contributed by atoms with van der Waals surface area (Å²) < 4.78 is 22.3. The van der Waals surface area contributed by atoms with Crippen LogP contribution in [0.3, 0.4) is 0 Å². The quantitative estimate of drug-likeness (QED) is 0.459. The third-order valence-electron chi connectivity index (χ3n) is 3.00. The Bertz CT molecular complexity index is 439. The standard InChI is InChI=1S/C10H16N2O4S/c1-7(8-2-3-8)12-16-10(13)11-9-4-5-17(14,15)6-9/h8-9H,2-6H2,1H3,(H,11,13)/b12-7+. The largest absolute Gasteiger partial charge is 0.433 e. The fourth-order valence-electron chi connectivity index (χ4n) is 1.79. The van der Waals surface area contributed by atoms with Crippen molar-refractivity contribution in [3.63, 3.8) is 0 Å². The summed E-state index contributed by atoms with van der Waals surface area (Å²) in [4.78, 5) is 16.0. The lowest BCUT2D eigenvalue weighted by atomic mass is 10.3. The van der Waals surface area contributed by atoms with Crippen LogP contribution >= 0.6 is 0 Å². The van der Waals surface area contributed by atoms with Crippen molar-refractivity contribution in [1.29, 1.82) is 0 Å². The zero-order chi connectivity index (χ0) is 12.5. The van der Waals surface area contributed by atoms with Crippen molar-refractivity contribution in [2.75, 3.05) is 11.5 Å². The average molecular weight is 260 g/mol. The van der Waals surface area contributed by atoms with Gasteiger partial charge in [0.05, 0.1) is 17.2 Å². The number of sulfone groups is 1. The minimum Gasteiger partial charge on any atom is -0.316 e. The first kappa shape index (κ1) is 12.3. The maximum absolute atomic E-state index is 11.3. The van der Waals surface area contributed by atoms with Gasteiger partial charge in [0.1, 0.15) is 0 Å². The summed E-state index contributed by atoms with van der Waals surface area (Å²) in [7, 11) is -2.98. The minimum atomic E-state index is -2.98. The number of rotatable bonds is 3. The lowest BCUT2D eigenvalue weighted by Crippen LogP contribution is -2.35. The van der Waals surface area contributed by atoms with E-state index in [2.05, 4.69) is 15.3 Å². The first-order valence-corrected chi connectivity index (χ1v) is 7.51. The first-order chi connectivity index (χ1) is 7.96. The number of carbonyl (C=O) groups excluding carboxylic acids is 1. The van der Waals surface area contributed by atoms with Crippen molar-refractivity contribution in [3.05, 3.63) is 0 Å². The molecule has 6 nitrogen and oxygen atoms in total. The van der Waals surface area contributed by atoms with Gasteiger partial charge in [-0.3, -0.25) is 4.84 Å². The molecule has 17 heavy (non-hydrogen) atoms. The molecule has 2 rings (SSSR count). The number of hydrogen-bond donors (Lipinski definition) is 1. The Balaban J connectivity index is 1.76. The summed E-state index contributed by atoms with van der Waals surface area (Å²) in [5.41, 5.74) is 0.819. The molecule has 1 heterocycles. The highest BCUT2D eigenvalue weighted by Crippen LogP contribution is 2.30. The lowest BCUT2D eigenvalue weighted by Gasteiger charge is -2.08. The number of oxime groups is 1. The molecular weight excluding hydrogens is 244 g/mol. The predicted octanol–water partition coefficient (Wildman–Crippen LogP) is 0.686. The van der Waals surface area contributed by atoms with Crippen LogP contribution in [0.4, 0.5) is 4.79 Å². The van der Waals surface area contributed by atoms with Crippen LogP contribution in [0.15, 0.2) is 5.16 Å². The van der Waals surface area contributed by atoms with Gasteiger partial charge in [-0.1, -0.05) is 5.16 Å². The first-order valence-electron chi connectivity index (χ1n) is 5.69. The molecule has 7 heteroatoms. The summed E-state index contributed by atoms with van der Waals surface area (Å²) in [6, 6.07) is -0.344. The van der Waals surface area contributed by atoms with E-state index >= 15 is 0 Å². The van der Waals surface area contributed by atoms with Crippen molar-refractivity contribution in [2.24, 2.45) is 11.1 Å². The third-order valence-corrected chi connectivity index (χ3v) is 4.76. The highest BCUT2D eigenvalue weighted by atomic mass is 32.2. The molecule has 96 valence electrons. The molecule has 0 aromatic carbocycles. The highest BCUT2D eigenvalue weighted by Gasteiger charge is 2.29. The fourth-order valence-corrected chi connectivity index (χ4v) is 3.46. The van der Waals surface area contributed by atoms with Crippen molar-refractivity contribution >= 4 is 21.6 Å². The van der Waals surface area contributed by atoms with Crippen LogP contribution in [0.2, 0.25) is 0 Å². The maximum atomic E-state index is 11.3. The van der Waals surface area contributed by atoms with Gasteiger partial charge >= 0.3 is 6.09 Å². The Morgan fingerprint density at radius 2 is 2.06 bits per heavy atom. The molecule has 2 aliphatic rings. The van der Waals surface area contributed by atoms with E-state index in [9.17, 15) is 13.2 Å². The second-order valence-electron chi connectivity index (χ2n) is 4.63. The molecule has 0 aromatic rings. The summed E-state index contributed by atoms with van der Waals surface area (Å²) in [6.45, 7) is 1.82. The van der Waals surface area contributed by atoms with Crippen molar-refractivity contribution in [3.8, 4) is 0 Å². The van der Waals surface area contributed by atoms with Crippen LogP contribution in [0.1, 0.15) is 26.2 Å². The van der Waals surface area contributed by atoms with E-state index in [1.54, 1.807) is 0 Å². The van der Waals surface area contributed by atoms with E-state index in [1.807, 2.05) is 6.92 Å². The Hall–Kier alpha value is -1.11. The molecule has 1 atom stereocenters. The molecule has 1 unspecified atom stereocenters. The molecule has 0 bridgehead atoms. The summed E-state index contributed by atoms with van der Waals surface area (Å²) in [6.07, 6.45) is 1.97. The Morgan fingerprint density at radius 3 is 2.59 bits per heavy atom. The van der Waals surface area contributed by atoms with Crippen LogP contribution < -0.4 is 5.32 Å². The molecule has 1 aliphatic heterocycles. The Labute approximate surface area is 100 Å². The number of carbonyl (C=O) groups is 1. The minimum absolute atomic E-state index is 0.00653. The molecular formula is C10H16N2O4S. The van der Waals surface area contributed by atoms with Gasteiger partial charge in [0.25, 0.3) is 0 Å². The molecule has 1 saturated heterocycles. The van der Waals surface area contributed by atoms with Crippen LogP contribution in [0.25, 0.3) is 0 Å². The van der Waals surface area contributed by atoms with Gasteiger partial charge in [0, 0.05) is 12.0 Å².